The van der Waals surface area contributed by atoms with Crippen molar-refractivity contribution in [2.24, 2.45) is 0 Å². The topological polar surface area (TPSA) is 98.5 Å². The van der Waals surface area contributed by atoms with Crippen LogP contribution in [0.1, 0.15) is 18.4 Å². The van der Waals surface area contributed by atoms with Gasteiger partial charge < -0.3 is 20.1 Å². The third-order valence-corrected chi connectivity index (χ3v) is 5.41. The number of aromatic nitrogens is 1. The van der Waals surface area contributed by atoms with Crippen molar-refractivity contribution >= 4 is 27.8 Å². The quantitative estimate of drug-likeness (QED) is 0.738. The molecule has 7 nitrogen and oxygen atoms in total. The number of carbonyl (C=O) groups is 1. The molecule has 1 aromatic heterocycles. The van der Waals surface area contributed by atoms with Gasteiger partial charge in [-0.25, -0.2) is 14.2 Å². The van der Waals surface area contributed by atoms with E-state index >= 15 is 0 Å². The third kappa shape index (κ3) is 4.17. The molecule has 9 heteroatoms. The van der Waals surface area contributed by atoms with Gasteiger partial charge >= 0.3 is 6.09 Å². The molecule has 1 aliphatic heterocycles. The van der Waals surface area contributed by atoms with E-state index in [4.69, 9.17) is 15.1 Å². The van der Waals surface area contributed by atoms with Crippen LogP contribution in [0.25, 0.3) is 11.3 Å². The number of piperidine rings is 1. The zero-order valence-corrected chi connectivity index (χ0v) is 16.7. The van der Waals surface area contributed by atoms with Gasteiger partial charge in [0.2, 0.25) is 0 Å². The molecule has 0 spiro atoms. The van der Waals surface area contributed by atoms with Crippen LogP contribution >= 0.6 is 15.9 Å². The molecule has 0 saturated carbocycles. The van der Waals surface area contributed by atoms with Crippen molar-refractivity contribution in [2.75, 3.05) is 25.1 Å². The smallest absolute Gasteiger partial charge is 0.404 e. The molecule has 146 valence electrons. The fourth-order valence-electron chi connectivity index (χ4n) is 3.18. The predicted molar refractivity (Wildman–Crippen MR) is 105 cm³/mol. The first-order valence-corrected chi connectivity index (χ1v) is 9.41. The summed E-state index contributed by atoms with van der Waals surface area (Å²) in [6.07, 6.45) is 0.299. The zero-order chi connectivity index (χ0) is 20.3. The predicted octanol–water partition coefficient (Wildman–Crippen LogP) is 3.77. The standard InChI is InChI=1S/C19H18BrFN4O3/c1-28-15-9-16(25-6-4-13(5-7-25)23-19(26)27)24-18(17(15)20)11-2-3-12(10-22)14(21)8-11/h2-3,8-9,13,23H,4-7H2,1H3,(H,26,27). The van der Waals surface area contributed by atoms with Crippen LogP contribution in [0.3, 0.4) is 0 Å². The highest BCUT2D eigenvalue weighted by Crippen LogP contribution is 2.38. The summed E-state index contributed by atoms with van der Waals surface area (Å²) in [6.45, 7) is 1.26. The van der Waals surface area contributed by atoms with E-state index in [2.05, 4.69) is 26.2 Å². The number of anilines is 1. The second kappa shape index (κ2) is 8.44. The van der Waals surface area contributed by atoms with Crippen molar-refractivity contribution in [2.45, 2.75) is 18.9 Å². The second-order valence-corrected chi connectivity index (χ2v) is 7.16. The maximum Gasteiger partial charge on any atom is 0.404 e. The average Bonchev–Trinajstić information content (AvgIpc) is 2.68. The summed E-state index contributed by atoms with van der Waals surface area (Å²) in [5.41, 5.74) is 0.991. The Balaban J connectivity index is 1.92. The van der Waals surface area contributed by atoms with Gasteiger partial charge in [-0.2, -0.15) is 5.26 Å². The number of methoxy groups -OCH3 is 1. The highest BCUT2D eigenvalue weighted by molar-refractivity contribution is 9.10. The maximum atomic E-state index is 14.1. The second-order valence-electron chi connectivity index (χ2n) is 6.36. The number of amides is 1. The number of hydrogen-bond donors (Lipinski definition) is 2. The first kappa shape index (κ1) is 19.9. The van der Waals surface area contributed by atoms with Gasteiger partial charge in [0, 0.05) is 30.8 Å². The van der Waals surface area contributed by atoms with Crippen molar-refractivity contribution in [3.8, 4) is 23.1 Å². The number of nitrogens with zero attached hydrogens (tertiary/aromatic N) is 3. The van der Waals surface area contributed by atoms with Crippen molar-refractivity contribution in [1.29, 1.82) is 5.26 Å². The summed E-state index contributed by atoms with van der Waals surface area (Å²) in [6, 6.07) is 7.84. The molecule has 0 atom stereocenters. The SMILES string of the molecule is COc1cc(N2CCC(NC(=O)O)CC2)nc(-c2ccc(C#N)c(F)c2)c1Br. The molecule has 0 bridgehead atoms. The Morgan fingerprint density at radius 3 is 2.71 bits per heavy atom. The number of pyridine rings is 1. The fraction of sp³-hybridized carbons (Fsp3) is 0.316. The lowest BCUT2D eigenvalue weighted by Crippen LogP contribution is -2.44. The van der Waals surface area contributed by atoms with Gasteiger partial charge in [0.25, 0.3) is 0 Å². The first-order valence-electron chi connectivity index (χ1n) is 8.62. The zero-order valence-electron chi connectivity index (χ0n) is 15.1. The lowest BCUT2D eigenvalue weighted by Gasteiger charge is -2.33. The van der Waals surface area contributed by atoms with Crippen molar-refractivity contribution in [3.05, 3.63) is 40.1 Å². The molecule has 3 rings (SSSR count). The normalized spacial score (nSPS) is 14.4. The summed E-state index contributed by atoms with van der Waals surface area (Å²) >= 11 is 3.46. The minimum atomic E-state index is -1.02. The summed E-state index contributed by atoms with van der Waals surface area (Å²) < 4.78 is 20.1. The molecular weight excluding hydrogens is 431 g/mol. The van der Waals surface area contributed by atoms with Gasteiger partial charge in [0.15, 0.2) is 0 Å². The van der Waals surface area contributed by atoms with Crippen LogP contribution < -0.4 is 15.0 Å². The molecule has 0 unspecified atom stereocenters. The molecule has 1 amide bonds. The number of hydrogen-bond acceptors (Lipinski definition) is 5. The Hall–Kier alpha value is -2.86. The van der Waals surface area contributed by atoms with Crippen LogP contribution in [-0.2, 0) is 0 Å². The highest BCUT2D eigenvalue weighted by atomic mass is 79.9. The monoisotopic (exact) mass is 448 g/mol. The van der Waals surface area contributed by atoms with E-state index in [9.17, 15) is 9.18 Å². The summed E-state index contributed by atoms with van der Waals surface area (Å²) in [5.74, 6) is 0.600. The Morgan fingerprint density at radius 1 is 1.43 bits per heavy atom. The van der Waals surface area contributed by atoms with E-state index in [-0.39, 0.29) is 11.6 Å². The minimum Gasteiger partial charge on any atom is -0.495 e. The molecule has 2 heterocycles. The molecule has 1 aliphatic rings. The lowest BCUT2D eigenvalue weighted by molar-refractivity contribution is 0.187. The van der Waals surface area contributed by atoms with Gasteiger partial charge in [0.1, 0.15) is 23.5 Å². The van der Waals surface area contributed by atoms with Crippen LogP contribution in [-0.4, -0.2) is 42.4 Å². The average molecular weight is 449 g/mol. The van der Waals surface area contributed by atoms with E-state index in [1.54, 1.807) is 18.2 Å². The lowest BCUT2D eigenvalue weighted by atomic mass is 10.0. The number of benzene rings is 1. The molecule has 0 aliphatic carbocycles. The third-order valence-electron chi connectivity index (χ3n) is 4.64. The van der Waals surface area contributed by atoms with Crippen molar-refractivity contribution in [3.63, 3.8) is 0 Å². The van der Waals surface area contributed by atoms with E-state index in [1.807, 2.05) is 4.90 Å². The minimum absolute atomic E-state index is 0.0315. The van der Waals surface area contributed by atoms with Crippen molar-refractivity contribution < 1.29 is 19.0 Å². The van der Waals surface area contributed by atoms with Gasteiger partial charge in [-0.05, 0) is 40.9 Å². The summed E-state index contributed by atoms with van der Waals surface area (Å²) in [4.78, 5) is 17.5. The van der Waals surface area contributed by atoms with E-state index < -0.39 is 11.9 Å². The van der Waals surface area contributed by atoms with Crippen molar-refractivity contribution in [1.82, 2.24) is 10.3 Å². The number of rotatable bonds is 4. The molecule has 1 aromatic carbocycles. The summed E-state index contributed by atoms with van der Waals surface area (Å²) in [7, 11) is 1.54. The van der Waals surface area contributed by atoms with E-state index in [1.165, 1.54) is 19.2 Å². The first-order chi connectivity index (χ1) is 13.4. The van der Waals surface area contributed by atoms with Gasteiger partial charge in [-0.3, -0.25) is 0 Å². The van der Waals surface area contributed by atoms with Crippen LogP contribution in [0.5, 0.6) is 5.75 Å². The van der Waals surface area contributed by atoms with Crippen LogP contribution in [0, 0.1) is 17.1 Å². The van der Waals surface area contributed by atoms with Crippen LogP contribution in [0.4, 0.5) is 15.0 Å². The molecular formula is C19H18BrFN4O3. The molecule has 1 saturated heterocycles. The molecule has 2 aromatic rings. The molecule has 0 radical (unpaired) electrons. The number of nitriles is 1. The van der Waals surface area contributed by atoms with Crippen LogP contribution in [0.2, 0.25) is 0 Å². The number of nitrogens with one attached hydrogen (secondary N) is 1. The van der Waals surface area contributed by atoms with Crippen LogP contribution in [0.15, 0.2) is 28.7 Å². The number of halogens is 2. The Morgan fingerprint density at radius 2 is 2.14 bits per heavy atom. The maximum absolute atomic E-state index is 14.1. The number of ether oxygens (including phenoxy) is 1. The largest absolute Gasteiger partial charge is 0.495 e. The van der Waals surface area contributed by atoms with E-state index in [0.717, 1.165) is 0 Å². The Labute approximate surface area is 169 Å². The highest BCUT2D eigenvalue weighted by Gasteiger charge is 2.23. The molecule has 28 heavy (non-hydrogen) atoms. The molecule has 1 fully saturated rings. The fourth-order valence-corrected chi connectivity index (χ4v) is 3.77. The summed E-state index contributed by atoms with van der Waals surface area (Å²) in [5, 5.41) is 20.3. The van der Waals surface area contributed by atoms with Gasteiger partial charge in [-0.15, -0.1) is 0 Å². The Kier molecular flexibility index (Phi) is 5.99. The molecule has 2 N–H and O–H groups in total. The van der Waals surface area contributed by atoms with Gasteiger partial charge in [0.05, 0.1) is 22.8 Å². The van der Waals surface area contributed by atoms with Gasteiger partial charge in [-0.1, -0.05) is 6.07 Å². The number of carboxylic acid groups (broad SMARTS) is 1. The van der Waals surface area contributed by atoms with E-state index in [0.29, 0.717) is 53.2 Å². The Bertz CT molecular complexity index is 940.